The van der Waals surface area contributed by atoms with Gasteiger partial charge in [0, 0.05) is 12.1 Å². The normalized spacial score (nSPS) is 11.1. The van der Waals surface area contributed by atoms with Gasteiger partial charge in [-0.05, 0) is 61.4 Å². The second kappa shape index (κ2) is 7.03. The first-order valence-corrected chi connectivity index (χ1v) is 8.21. The number of rotatable bonds is 6. The lowest BCUT2D eigenvalue weighted by Crippen LogP contribution is -2.04. The number of methoxy groups -OCH3 is 1. The zero-order valence-electron chi connectivity index (χ0n) is 15.0. The summed E-state index contributed by atoms with van der Waals surface area (Å²) in [4.78, 5) is 15.7. The Hall–Kier alpha value is -2.03. The van der Waals surface area contributed by atoms with Crippen LogP contribution in [0.3, 0.4) is 0 Å². The van der Waals surface area contributed by atoms with Crippen LogP contribution in [0.4, 0.5) is 0 Å². The molecule has 0 fully saturated rings. The molecule has 0 bridgehead atoms. The monoisotopic (exact) mass is 313 g/mol. The number of ether oxygens (including phenoxy) is 1. The molecule has 1 aromatic carbocycles. The van der Waals surface area contributed by atoms with Crippen LogP contribution in [0, 0.1) is 20.8 Å². The minimum atomic E-state index is 0.181. The van der Waals surface area contributed by atoms with Crippen molar-refractivity contribution in [1.29, 1.82) is 0 Å². The molecule has 0 saturated heterocycles. The molecule has 1 aromatic heterocycles. The highest BCUT2D eigenvalue weighted by molar-refractivity contribution is 5.96. The smallest absolute Gasteiger partial charge is 0.179 e. The number of aromatic amines is 1. The molecule has 1 heterocycles. The van der Waals surface area contributed by atoms with Gasteiger partial charge in [-0.15, -0.1) is 0 Å². The predicted octanol–water partition coefficient (Wildman–Crippen LogP) is 4.89. The van der Waals surface area contributed by atoms with Crippen molar-refractivity contribution in [2.75, 3.05) is 7.11 Å². The fraction of sp³-hybridized carbons (Fsp3) is 0.450. The van der Waals surface area contributed by atoms with Gasteiger partial charge >= 0.3 is 0 Å². The second-order valence-electron chi connectivity index (χ2n) is 6.53. The molecule has 0 atom stereocenters. The van der Waals surface area contributed by atoms with Crippen LogP contribution < -0.4 is 4.74 Å². The van der Waals surface area contributed by atoms with E-state index in [2.05, 4.69) is 37.9 Å². The van der Waals surface area contributed by atoms with Crippen LogP contribution in [0.5, 0.6) is 5.75 Å². The average Bonchev–Trinajstić information content (AvgIpc) is 2.79. The highest BCUT2D eigenvalue weighted by atomic mass is 16.5. The maximum absolute atomic E-state index is 12.5. The molecule has 3 heteroatoms. The zero-order chi connectivity index (χ0) is 17.1. The summed E-state index contributed by atoms with van der Waals surface area (Å²) in [7, 11) is 1.70. The Bertz CT molecular complexity index is 711. The summed E-state index contributed by atoms with van der Waals surface area (Å²) in [6.45, 7) is 10.4. The van der Waals surface area contributed by atoms with Gasteiger partial charge in [0.05, 0.1) is 12.8 Å². The third-order valence-corrected chi connectivity index (χ3v) is 4.65. The van der Waals surface area contributed by atoms with Crippen LogP contribution in [-0.4, -0.2) is 17.9 Å². The molecular formula is C20H27NO2. The lowest BCUT2D eigenvalue weighted by Gasteiger charge is -2.13. The van der Waals surface area contributed by atoms with Crippen LogP contribution in [0.1, 0.15) is 64.6 Å². The zero-order valence-corrected chi connectivity index (χ0v) is 15.0. The number of carbonyl (C=O) groups is 1. The van der Waals surface area contributed by atoms with E-state index in [4.69, 9.17) is 4.74 Å². The summed E-state index contributed by atoms with van der Waals surface area (Å²) < 4.78 is 5.42. The molecule has 0 aliphatic heterocycles. The predicted molar refractivity (Wildman–Crippen MR) is 94.7 cm³/mol. The van der Waals surface area contributed by atoms with Gasteiger partial charge in [0.1, 0.15) is 5.75 Å². The van der Waals surface area contributed by atoms with E-state index in [0.29, 0.717) is 12.3 Å². The summed E-state index contributed by atoms with van der Waals surface area (Å²) >= 11 is 0. The van der Waals surface area contributed by atoms with Crippen molar-refractivity contribution < 1.29 is 9.53 Å². The number of hydrogen-bond donors (Lipinski definition) is 1. The maximum Gasteiger partial charge on any atom is 0.179 e. The Balaban J connectivity index is 2.13. The van der Waals surface area contributed by atoms with Crippen LogP contribution >= 0.6 is 0 Å². The largest absolute Gasteiger partial charge is 0.496 e. The molecule has 2 rings (SSSR count). The van der Waals surface area contributed by atoms with Crippen LogP contribution in [0.15, 0.2) is 18.2 Å². The topological polar surface area (TPSA) is 42.1 Å². The number of aryl methyl sites for hydroxylation is 2. The van der Waals surface area contributed by atoms with Crippen molar-refractivity contribution in [3.05, 3.63) is 51.8 Å². The van der Waals surface area contributed by atoms with E-state index in [1.54, 1.807) is 7.11 Å². The van der Waals surface area contributed by atoms with Gasteiger partial charge in [0.25, 0.3) is 0 Å². The van der Waals surface area contributed by atoms with Gasteiger partial charge in [-0.3, -0.25) is 4.79 Å². The summed E-state index contributed by atoms with van der Waals surface area (Å²) in [5, 5.41) is 0. The number of aromatic nitrogens is 1. The van der Waals surface area contributed by atoms with Gasteiger partial charge in [-0.1, -0.05) is 26.0 Å². The fourth-order valence-electron chi connectivity index (χ4n) is 2.90. The number of H-pyrrole nitrogens is 1. The Kier molecular flexibility index (Phi) is 5.30. The van der Waals surface area contributed by atoms with E-state index in [-0.39, 0.29) is 5.78 Å². The van der Waals surface area contributed by atoms with Crippen molar-refractivity contribution >= 4 is 5.78 Å². The van der Waals surface area contributed by atoms with Crippen molar-refractivity contribution in [3.63, 3.8) is 0 Å². The van der Waals surface area contributed by atoms with E-state index in [1.165, 1.54) is 16.7 Å². The van der Waals surface area contributed by atoms with Crippen molar-refractivity contribution in [1.82, 2.24) is 4.98 Å². The number of benzene rings is 1. The maximum atomic E-state index is 12.5. The van der Waals surface area contributed by atoms with E-state index < -0.39 is 0 Å². The number of carbonyl (C=O) groups excluding carboxylic acids is 1. The SMILES string of the molecule is COc1ccc(CCC(=O)c2[nH]c(C)c(C)c2C)cc1C(C)C. The van der Waals surface area contributed by atoms with Crippen molar-refractivity contribution in [2.24, 2.45) is 0 Å². The third-order valence-electron chi connectivity index (χ3n) is 4.65. The second-order valence-corrected chi connectivity index (χ2v) is 6.53. The first kappa shape index (κ1) is 17.3. The fourth-order valence-corrected chi connectivity index (χ4v) is 2.90. The number of ketones is 1. The summed E-state index contributed by atoms with van der Waals surface area (Å²) in [5.41, 5.74) is 6.47. The first-order valence-electron chi connectivity index (χ1n) is 8.21. The quantitative estimate of drug-likeness (QED) is 0.772. The third kappa shape index (κ3) is 3.66. The van der Waals surface area contributed by atoms with Gasteiger partial charge in [-0.25, -0.2) is 0 Å². The van der Waals surface area contributed by atoms with E-state index in [9.17, 15) is 4.79 Å². The Morgan fingerprint density at radius 3 is 2.39 bits per heavy atom. The van der Waals surface area contributed by atoms with Crippen LogP contribution in [0.2, 0.25) is 0 Å². The first-order chi connectivity index (χ1) is 10.8. The molecule has 0 aliphatic carbocycles. The minimum Gasteiger partial charge on any atom is -0.496 e. The van der Waals surface area contributed by atoms with Gasteiger partial charge in [0.2, 0.25) is 0 Å². The molecule has 0 spiro atoms. The molecule has 0 aliphatic rings. The molecular weight excluding hydrogens is 286 g/mol. The Morgan fingerprint density at radius 2 is 1.87 bits per heavy atom. The standard InChI is InChI=1S/C20H27NO2/c1-12(2)17-11-16(8-10-19(17)23-6)7-9-18(22)20-14(4)13(3)15(5)21-20/h8,10-12,21H,7,9H2,1-6H3. The highest BCUT2D eigenvalue weighted by Crippen LogP contribution is 2.28. The molecule has 0 saturated carbocycles. The lowest BCUT2D eigenvalue weighted by atomic mass is 9.96. The molecule has 23 heavy (non-hydrogen) atoms. The highest BCUT2D eigenvalue weighted by Gasteiger charge is 2.15. The molecule has 0 unspecified atom stereocenters. The molecule has 0 amide bonds. The minimum absolute atomic E-state index is 0.181. The van der Waals surface area contributed by atoms with Gasteiger partial charge in [0.15, 0.2) is 5.78 Å². The summed E-state index contributed by atoms with van der Waals surface area (Å²) in [6, 6.07) is 6.22. The van der Waals surface area contributed by atoms with Crippen LogP contribution in [0.25, 0.3) is 0 Å². The lowest BCUT2D eigenvalue weighted by molar-refractivity contribution is 0.0978. The Labute approximate surface area is 139 Å². The molecule has 0 radical (unpaired) electrons. The van der Waals surface area contributed by atoms with Gasteiger partial charge < -0.3 is 9.72 Å². The average molecular weight is 313 g/mol. The molecule has 124 valence electrons. The summed E-state index contributed by atoms with van der Waals surface area (Å²) in [5.74, 6) is 1.50. The number of nitrogens with one attached hydrogen (secondary N) is 1. The van der Waals surface area contributed by atoms with E-state index in [1.807, 2.05) is 19.9 Å². The Morgan fingerprint density at radius 1 is 1.17 bits per heavy atom. The molecule has 3 nitrogen and oxygen atoms in total. The molecule has 1 N–H and O–H groups in total. The van der Waals surface area contributed by atoms with E-state index >= 15 is 0 Å². The summed E-state index contributed by atoms with van der Waals surface area (Å²) in [6.07, 6.45) is 1.27. The van der Waals surface area contributed by atoms with Gasteiger partial charge in [-0.2, -0.15) is 0 Å². The van der Waals surface area contributed by atoms with Crippen molar-refractivity contribution in [2.45, 2.75) is 53.4 Å². The van der Waals surface area contributed by atoms with E-state index in [0.717, 1.165) is 29.1 Å². The van der Waals surface area contributed by atoms with Crippen LogP contribution in [-0.2, 0) is 6.42 Å². The molecule has 2 aromatic rings. The number of Topliss-reactive ketones (excluding diaryl/α,β-unsaturated/α-hetero) is 1. The van der Waals surface area contributed by atoms with Crippen molar-refractivity contribution in [3.8, 4) is 5.75 Å². The number of hydrogen-bond acceptors (Lipinski definition) is 2.